The van der Waals surface area contributed by atoms with Gasteiger partial charge in [0.1, 0.15) is 26.4 Å². The van der Waals surface area contributed by atoms with Crippen LogP contribution in [0.1, 0.15) is 38.5 Å². The average Bonchev–Trinajstić information content (AvgIpc) is 3.33. The predicted octanol–water partition coefficient (Wildman–Crippen LogP) is 2.60. The normalized spacial score (nSPS) is 20.7. The van der Waals surface area contributed by atoms with Crippen molar-refractivity contribution in [3.8, 4) is 0 Å². The van der Waals surface area contributed by atoms with Crippen LogP contribution >= 0.6 is 0 Å². The number of cyclic esters (lactones) is 4. The zero-order valence-electron chi connectivity index (χ0n) is 16.6. The minimum Gasteiger partial charge on any atom is -0.458 e. The third-order valence-electron chi connectivity index (χ3n) is 4.12. The lowest BCUT2D eigenvalue weighted by molar-refractivity contribution is -0.140. The highest BCUT2D eigenvalue weighted by atomic mass is 16.8. The summed E-state index contributed by atoms with van der Waals surface area (Å²) in [6.45, 7) is 0.162. The standard InChI is InChI=1S/C20H26O10/c21-17(25-11-15-13-27-19(23)29-15)9-7-5-3-1-2-4-6-8-10-18(22)26-12-16-14-28-20(24)30-16/h7-10,15-16H,1-6,11-14H2/b9-7+,10-8+. The molecule has 2 aliphatic heterocycles. The number of esters is 2. The first-order valence-electron chi connectivity index (χ1n) is 9.86. The fraction of sp³-hybridized carbons (Fsp3) is 0.600. The topological polar surface area (TPSA) is 124 Å². The second kappa shape index (κ2) is 13.2. The van der Waals surface area contributed by atoms with E-state index in [0.29, 0.717) is 0 Å². The van der Waals surface area contributed by atoms with E-state index in [1.165, 1.54) is 12.2 Å². The minimum absolute atomic E-state index is 0.0155. The summed E-state index contributed by atoms with van der Waals surface area (Å²) in [5.74, 6) is -0.956. The molecule has 2 aliphatic rings. The lowest BCUT2D eigenvalue weighted by atomic mass is 10.1. The third-order valence-corrected chi connectivity index (χ3v) is 4.12. The number of carbonyl (C=O) groups excluding carboxylic acids is 4. The Kier molecular flexibility index (Phi) is 10.3. The molecule has 2 saturated heterocycles. The molecule has 0 amide bonds. The van der Waals surface area contributed by atoms with Gasteiger partial charge in [0.05, 0.1) is 0 Å². The van der Waals surface area contributed by atoms with E-state index < -0.39 is 36.5 Å². The van der Waals surface area contributed by atoms with Crippen molar-refractivity contribution in [1.82, 2.24) is 0 Å². The molecule has 0 aliphatic carbocycles. The molecular weight excluding hydrogens is 400 g/mol. The number of ether oxygens (including phenoxy) is 6. The summed E-state index contributed by atoms with van der Waals surface area (Å²) in [6, 6.07) is 0. The van der Waals surface area contributed by atoms with Gasteiger partial charge in [0, 0.05) is 12.2 Å². The maximum Gasteiger partial charge on any atom is 0.508 e. The Morgan fingerprint density at radius 1 is 0.767 bits per heavy atom. The molecule has 2 unspecified atom stereocenters. The summed E-state index contributed by atoms with van der Waals surface area (Å²) in [5, 5.41) is 0. The molecule has 0 N–H and O–H groups in total. The van der Waals surface area contributed by atoms with Crippen LogP contribution in [0.4, 0.5) is 9.59 Å². The first-order valence-corrected chi connectivity index (χ1v) is 9.86. The first-order chi connectivity index (χ1) is 14.5. The van der Waals surface area contributed by atoms with Gasteiger partial charge in [-0.2, -0.15) is 0 Å². The van der Waals surface area contributed by atoms with E-state index >= 15 is 0 Å². The second-order valence-corrected chi connectivity index (χ2v) is 6.66. The molecule has 0 aromatic carbocycles. The van der Waals surface area contributed by atoms with E-state index in [9.17, 15) is 19.2 Å². The molecule has 0 aromatic rings. The van der Waals surface area contributed by atoms with E-state index in [-0.39, 0.29) is 26.4 Å². The van der Waals surface area contributed by atoms with Gasteiger partial charge in [-0.25, -0.2) is 19.2 Å². The summed E-state index contributed by atoms with van der Waals surface area (Å²) in [4.78, 5) is 44.5. The number of unbranched alkanes of at least 4 members (excludes halogenated alkanes) is 5. The zero-order chi connectivity index (χ0) is 21.6. The summed E-state index contributed by atoms with van der Waals surface area (Å²) in [7, 11) is 0. The van der Waals surface area contributed by atoms with Gasteiger partial charge >= 0.3 is 24.2 Å². The Morgan fingerprint density at radius 2 is 1.20 bits per heavy atom. The average molecular weight is 426 g/mol. The van der Waals surface area contributed by atoms with Gasteiger partial charge in [-0.05, 0) is 25.7 Å². The van der Waals surface area contributed by atoms with Crippen molar-refractivity contribution >= 4 is 24.2 Å². The van der Waals surface area contributed by atoms with Gasteiger partial charge in [0.2, 0.25) is 0 Å². The van der Waals surface area contributed by atoms with E-state index in [1.807, 2.05) is 0 Å². The van der Waals surface area contributed by atoms with Crippen LogP contribution in [0.2, 0.25) is 0 Å². The van der Waals surface area contributed by atoms with Crippen LogP contribution in [0.15, 0.2) is 24.3 Å². The van der Waals surface area contributed by atoms with Gasteiger partial charge < -0.3 is 28.4 Å². The van der Waals surface area contributed by atoms with Crippen LogP contribution in [-0.4, -0.2) is 62.9 Å². The van der Waals surface area contributed by atoms with E-state index in [4.69, 9.17) is 18.9 Å². The van der Waals surface area contributed by atoms with Crippen molar-refractivity contribution in [2.45, 2.75) is 50.7 Å². The van der Waals surface area contributed by atoms with Crippen LogP contribution in [-0.2, 0) is 38.0 Å². The van der Waals surface area contributed by atoms with Crippen LogP contribution in [0, 0.1) is 0 Å². The molecule has 2 heterocycles. The van der Waals surface area contributed by atoms with Crippen molar-refractivity contribution in [2.75, 3.05) is 26.4 Å². The van der Waals surface area contributed by atoms with Crippen molar-refractivity contribution in [2.24, 2.45) is 0 Å². The monoisotopic (exact) mass is 426 g/mol. The Morgan fingerprint density at radius 3 is 1.57 bits per heavy atom. The van der Waals surface area contributed by atoms with E-state index in [2.05, 4.69) is 9.47 Å². The predicted molar refractivity (Wildman–Crippen MR) is 100 cm³/mol. The molecule has 0 aromatic heterocycles. The summed E-state index contributed by atoms with van der Waals surface area (Å²) in [5.41, 5.74) is 0. The third kappa shape index (κ3) is 9.94. The molecule has 2 atom stereocenters. The Bertz CT molecular complexity index is 598. The molecule has 166 valence electrons. The molecule has 2 rings (SSSR count). The van der Waals surface area contributed by atoms with Crippen LogP contribution in [0.25, 0.3) is 0 Å². The van der Waals surface area contributed by atoms with Crippen molar-refractivity contribution in [3.05, 3.63) is 24.3 Å². The first kappa shape index (κ1) is 23.2. The molecule has 10 heteroatoms. The summed E-state index contributed by atoms with van der Waals surface area (Å²) < 4.78 is 28.6. The number of hydrogen-bond donors (Lipinski definition) is 0. The van der Waals surface area contributed by atoms with Gasteiger partial charge in [-0.1, -0.05) is 25.0 Å². The van der Waals surface area contributed by atoms with Gasteiger partial charge in [-0.15, -0.1) is 0 Å². The van der Waals surface area contributed by atoms with Crippen molar-refractivity contribution in [3.63, 3.8) is 0 Å². The van der Waals surface area contributed by atoms with Crippen LogP contribution in [0.5, 0.6) is 0 Å². The number of hydrogen-bond acceptors (Lipinski definition) is 10. The lowest BCUT2D eigenvalue weighted by Crippen LogP contribution is -2.19. The van der Waals surface area contributed by atoms with Crippen LogP contribution < -0.4 is 0 Å². The molecule has 0 bridgehead atoms. The number of allylic oxidation sites excluding steroid dienone is 2. The quantitative estimate of drug-likeness (QED) is 0.188. The van der Waals surface area contributed by atoms with Crippen molar-refractivity contribution in [1.29, 1.82) is 0 Å². The smallest absolute Gasteiger partial charge is 0.458 e. The number of carbonyl (C=O) groups is 4. The molecular formula is C20H26O10. The summed E-state index contributed by atoms with van der Waals surface area (Å²) in [6.07, 6.45) is 9.07. The molecule has 2 fully saturated rings. The molecule has 0 saturated carbocycles. The molecule has 30 heavy (non-hydrogen) atoms. The van der Waals surface area contributed by atoms with Gasteiger partial charge in [-0.3, -0.25) is 0 Å². The fourth-order valence-electron chi connectivity index (χ4n) is 2.58. The maximum absolute atomic E-state index is 11.5. The SMILES string of the molecule is O=C(/C=C/CCCCCC/C=C/C(=O)OCC1COC(=O)O1)OCC1COC(=O)O1. The van der Waals surface area contributed by atoms with Gasteiger partial charge in [0.15, 0.2) is 12.2 Å². The largest absolute Gasteiger partial charge is 0.508 e. The van der Waals surface area contributed by atoms with Crippen LogP contribution in [0.3, 0.4) is 0 Å². The Labute approximate surface area is 174 Å². The lowest BCUT2D eigenvalue weighted by Gasteiger charge is -2.05. The van der Waals surface area contributed by atoms with Crippen molar-refractivity contribution < 1.29 is 47.6 Å². The van der Waals surface area contributed by atoms with E-state index in [1.54, 1.807) is 12.2 Å². The number of rotatable bonds is 13. The molecule has 10 nitrogen and oxygen atoms in total. The highest BCUT2D eigenvalue weighted by Crippen LogP contribution is 2.09. The summed E-state index contributed by atoms with van der Waals surface area (Å²) >= 11 is 0. The highest BCUT2D eigenvalue weighted by Gasteiger charge is 2.26. The van der Waals surface area contributed by atoms with E-state index in [0.717, 1.165) is 38.5 Å². The van der Waals surface area contributed by atoms with Gasteiger partial charge in [0.25, 0.3) is 0 Å². The zero-order valence-corrected chi connectivity index (χ0v) is 16.6. The molecule has 0 spiro atoms. The maximum atomic E-state index is 11.5. The second-order valence-electron chi connectivity index (χ2n) is 6.66. The Hall–Kier alpha value is -3.04. The highest BCUT2D eigenvalue weighted by molar-refractivity contribution is 5.82. The Balaban J connectivity index is 1.38. The minimum atomic E-state index is -0.745. The molecule has 0 radical (unpaired) electrons. The fourth-order valence-corrected chi connectivity index (χ4v) is 2.58.